The molecule has 3 aliphatic rings. The molecular formula is C13H20O5. The number of methoxy groups -OCH3 is 1. The summed E-state index contributed by atoms with van der Waals surface area (Å²) in [6, 6.07) is 0. The molecule has 2 saturated heterocycles. The van der Waals surface area contributed by atoms with Gasteiger partial charge in [-0.05, 0) is 19.8 Å². The van der Waals surface area contributed by atoms with Gasteiger partial charge in [-0.3, -0.25) is 4.79 Å². The summed E-state index contributed by atoms with van der Waals surface area (Å²) in [6.45, 7) is 4.34. The lowest BCUT2D eigenvalue weighted by Crippen LogP contribution is -2.69. The van der Waals surface area contributed by atoms with Crippen LogP contribution in [0.1, 0.15) is 33.1 Å². The van der Waals surface area contributed by atoms with Gasteiger partial charge >= 0.3 is 0 Å². The van der Waals surface area contributed by atoms with Crippen molar-refractivity contribution in [1.29, 1.82) is 0 Å². The van der Waals surface area contributed by atoms with E-state index < -0.39 is 22.9 Å². The van der Waals surface area contributed by atoms with E-state index in [0.717, 1.165) is 6.42 Å². The number of hydrogen-bond donors (Lipinski definition) is 1. The molecule has 5 heteroatoms. The van der Waals surface area contributed by atoms with Crippen molar-refractivity contribution in [1.82, 2.24) is 0 Å². The molecule has 3 rings (SSSR count). The van der Waals surface area contributed by atoms with Crippen LogP contribution >= 0.6 is 0 Å². The molecule has 5 nitrogen and oxygen atoms in total. The van der Waals surface area contributed by atoms with Crippen LogP contribution in [0.4, 0.5) is 0 Å². The molecule has 0 aromatic rings. The molecule has 2 heterocycles. The zero-order chi connectivity index (χ0) is 13.2. The summed E-state index contributed by atoms with van der Waals surface area (Å²) < 4.78 is 16.5. The zero-order valence-corrected chi connectivity index (χ0v) is 11.1. The van der Waals surface area contributed by atoms with Crippen LogP contribution in [0.2, 0.25) is 0 Å². The van der Waals surface area contributed by atoms with Crippen LogP contribution in [0.15, 0.2) is 0 Å². The van der Waals surface area contributed by atoms with Crippen molar-refractivity contribution >= 4 is 5.78 Å². The minimum atomic E-state index is -1.37. The first-order valence-electron chi connectivity index (χ1n) is 6.55. The van der Waals surface area contributed by atoms with Gasteiger partial charge in [0.25, 0.3) is 0 Å². The summed E-state index contributed by atoms with van der Waals surface area (Å²) in [5, 5.41) is 11.2. The second-order valence-corrected chi connectivity index (χ2v) is 5.75. The van der Waals surface area contributed by atoms with E-state index in [1.54, 1.807) is 0 Å². The van der Waals surface area contributed by atoms with Gasteiger partial charge < -0.3 is 19.3 Å². The van der Waals surface area contributed by atoms with Gasteiger partial charge in [0.05, 0.1) is 12.7 Å². The largest absolute Gasteiger partial charge is 0.380 e. The lowest BCUT2D eigenvalue weighted by Gasteiger charge is -2.45. The molecule has 0 radical (unpaired) electrons. The second-order valence-electron chi connectivity index (χ2n) is 5.75. The Morgan fingerprint density at radius 1 is 1.56 bits per heavy atom. The fourth-order valence-corrected chi connectivity index (χ4v) is 3.65. The predicted molar refractivity (Wildman–Crippen MR) is 62.2 cm³/mol. The normalized spacial score (nSPS) is 54.8. The van der Waals surface area contributed by atoms with Crippen LogP contribution in [-0.2, 0) is 19.0 Å². The van der Waals surface area contributed by atoms with Gasteiger partial charge in [0.2, 0.25) is 0 Å². The number of rotatable bonds is 3. The highest BCUT2D eigenvalue weighted by atomic mass is 16.7. The standard InChI is InChI=1S/C13H20O5/c1-4-9-11(2,18-9)13(15)10(16-3)8(14)5-6-12(13)7-17-12/h9-10,15H,4-7H2,1-3H3. The minimum Gasteiger partial charge on any atom is -0.380 e. The van der Waals surface area contributed by atoms with E-state index in [1.165, 1.54) is 7.11 Å². The van der Waals surface area contributed by atoms with E-state index in [-0.39, 0.29) is 11.9 Å². The van der Waals surface area contributed by atoms with Gasteiger partial charge in [0.15, 0.2) is 11.4 Å². The smallest absolute Gasteiger partial charge is 0.164 e. The van der Waals surface area contributed by atoms with Gasteiger partial charge in [0, 0.05) is 13.5 Å². The van der Waals surface area contributed by atoms with Crippen molar-refractivity contribution in [2.75, 3.05) is 13.7 Å². The number of aliphatic hydroxyl groups is 1. The molecule has 1 saturated carbocycles. The fourth-order valence-electron chi connectivity index (χ4n) is 3.65. The molecule has 5 unspecified atom stereocenters. The number of epoxide rings is 2. The summed E-state index contributed by atoms with van der Waals surface area (Å²) in [4.78, 5) is 12.0. The Kier molecular flexibility index (Phi) is 2.46. The zero-order valence-electron chi connectivity index (χ0n) is 11.1. The number of ether oxygens (including phenoxy) is 3. The maximum atomic E-state index is 12.0. The lowest BCUT2D eigenvalue weighted by atomic mass is 9.65. The molecule has 18 heavy (non-hydrogen) atoms. The van der Waals surface area contributed by atoms with Crippen LogP contribution < -0.4 is 0 Å². The molecular weight excluding hydrogens is 236 g/mol. The van der Waals surface area contributed by atoms with Crippen LogP contribution in [0.5, 0.6) is 0 Å². The van der Waals surface area contributed by atoms with Crippen LogP contribution in [0.25, 0.3) is 0 Å². The summed E-state index contributed by atoms with van der Waals surface area (Å²) in [5.74, 6) is -0.0623. The van der Waals surface area contributed by atoms with Crippen molar-refractivity contribution in [3.63, 3.8) is 0 Å². The van der Waals surface area contributed by atoms with Crippen molar-refractivity contribution in [3.05, 3.63) is 0 Å². The third-order valence-corrected chi connectivity index (χ3v) is 4.94. The molecule has 0 aromatic heterocycles. The first kappa shape index (κ1) is 12.5. The Bertz CT molecular complexity index is 391. The molecule has 1 N–H and O–H groups in total. The molecule has 0 bridgehead atoms. The number of ketones is 1. The van der Waals surface area contributed by atoms with Crippen molar-refractivity contribution in [2.24, 2.45) is 0 Å². The Hall–Kier alpha value is -0.490. The van der Waals surface area contributed by atoms with E-state index in [4.69, 9.17) is 14.2 Å². The van der Waals surface area contributed by atoms with E-state index in [0.29, 0.717) is 19.4 Å². The molecule has 0 amide bonds. The predicted octanol–water partition coefficient (Wildman–Crippen LogP) is 0.432. The molecule has 0 aromatic carbocycles. The second kappa shape index (κ2) is 3.54. The molecule has 1 aliphatic carbocycles. The number of Topliss-reactive ketones (excluding diaryl/α,β-unsaturated/α-hetero) is 1. The fraction of sp³-hybridized carbons (Fsp3) is 0.923. The third-order valence-electron chi connectivity index (χ3n) is 4.94. The van der Waals surface area contributed by atoms with Crippen LogP contribution in [0, 0.1) is 0 Å². The summed E-state index contributed by atoms with van der Waals surface area (Å²) in [6.07, 6.45) is 0.868. The molecule has 102 valence electrons. The number of carbonyl (C=O) groups is 1. The number of hydrogen-bond acceptors (Lipinski definition) is 5. The van der Waals surface area contributed by atoms with Crippen LogP contribution in [0.3, 0.4) is 0 Å². The first-order valence-corrected chi connectivity index (χ1v) is 6.55. The summed E-state index contributed by atoms with van der Waals surface area (Å²) in [7, 11) is 1.46. The number of carbonyl (C=O) groups excluding carboxylic acids is 1. The molecule has 1 spiro atoms. The first-order chi connectivity index (χ1) is 8.45. The van der Waals surface area contributed by atoms with Crippen molar-refractivity contribution in [3.8, 4) is 0 Å². The van der Waals surface area contributed by atoms with E-state index in [1.807, 2.05) is 13.8 Å². The van der Waals surface area contributed by atoms with Gasteiger partial charge in [-0.2, -0.15) is 0 Å². The highest BCUT2D eigenvalue weighted by Gasteiger charge is 2.81. The Morgan fingerprint density at radius 3 is 2.67 bits per heavy atom. The van der Waals surface area contributed by atoms with E-state index in [2.05, 4.69) is 0 Å². The van der Waals surface area contributed by atoms with Crippen molar-refractivity contribution in [2.45, 2.75) is 62.1 Å². The Balaban J connectivity index is 2.01. The molecule has 3 fully saturated rings. The minimum absolute atomic E-state index is 0.0351. The average molecular weight is 256 g/mol. The Labute approximate surface area is 106 Å². The van der Waals surface area contributed by atoms with E-state index >= 15 is 0 Å². The molecule has 5 atom stereocenters. The van der Waals surface area contributed by atoms with Crippen LogP contribution in [-0.4, -0.2) is 53.6 Å². The maximum absolute atomic E-state index is 12.0. The summed E-state index contributed by atoms with van der Waals surface area (Å²) >= 11 is 0. The van der Waals surface area contributed by atoms with Gasteiger partial charge in [-0.1, -0.05) is 6.92 Å². The molecule has 2 aliphatic heterocycles. The Morgan fingerprint density at radius 2 is 2.22 bits per heavy atom. The van der Waals surface area contributed by atoms with Gasteiger partial charge in [-0.25, -0.2) is 0 Å². The maximum Gasteiger partial charge on any atom is 0.164 e. The van der Waals surface area contributed by atoms with Crippen molar-refractivity contribution < 1.29 is 24.1 Å². The van der Waals surface area contributed by atoms with Gasteiger partial charge in [0.1, 0.15) is 17.3 Å². The average Bonchev–Trinajstić information content (AvgIpc) is 3.23. The summed E-state index contributed by atoms with van der Waals surface area (Å²) in [5.41, 5.74) is -2.76. The van der Waals surface area contributed by atoms with Gasteiger partial charge in [-0.15, -0.1) is 0 Å². The quantitative estimate of drug-likeness (QED) is 0.741. The highest BCUT2D eigenvalue weighted by molar-refractivity contribution is 5.87. The SMILES string of the molecule is CCC1OC1(C)C1(O)C(OC)C(=O)CCC12CO2. The monoisotopic (exact) mass is 256 g/mol. The highest BCUT2D eigenvalue weighted by Crippen LogP contribution is 2.61. The van der Waals surface area contributed by atoms with E-state index in [9.17, 15) is 9.90 Å². The topological polar surface area (TPSA) is 71.6 Å². The third kappa shape index (κ3) is 1.23. The lowest BCUT2D eigenvalue weighted by molar-refractivity contribution is -0.193.